The molecule has 0 aromatic heterocycles. The number of carbonyl (C=O) groups excluding carboxylic acids is 1. The first kappa shape index (κ1) is 17.1. The van der Waals surface area contributed by atoms with Crippen LogP contribution in [0.2, 0.25) is 0 Å². The van der Waals surface area contributed by atoms with Gasteiger partial charge in [-0.25, -0.2) is 12.8 Å². The largest absolute Gasteiger partial charge is 0.465 e. The molecule has 1 aromatic carbocycles. The van der Waals surface area contributed by atoms with Gasteiger partial charge >= 0.3 is 5.97 Å². The Morgan fingerprint density at radius 1 is 1.48 bits per heavy atom. The Hall–Kier alpha value is -1.95. The number of halogens is 1. The van der Waals surface area contributed by atoms with E-state index < -0.39 is 28.4 Å². The lowest BCUT2D eigenvalue weighted by Crippen LogP contribution is -2.30. The molecular formula is C13H15FN2O4S. The van der Waals surface area contributed by atoms with Crippen molar-refractivity contribution in [3.05, 3.63) is 29.6 Å². The fourth-order valence-electron chi connectivity index (χ4n) is 1.36. The van der Waals surface area contributed by atoms with Crippen molar-refractivity contribution in [2.24, 2.45) is 5.73 Å². The zero-order chi connectivity index (χ0) is 15.9. The van der Waals surface area contributed by atoms with Gasteiger partial charge in [0, 0.05) is 0 Å². The molecule has 0 spiro atoms. The van der Waals surface area contributed by atoms with Gasteiger partial charge in [0.15, 0.2) is 0 Å². The van der Waals surface area contributed by atoms with Gasteiger partial charge in [0.2, 0.25) is 10.0 Å². The van der Waals surface area contributed by atoms with E-state index in [1.54, 1.807) is 6.92 Å². The maximum atomic E-state index is 13.7. The van der Waals surface area contributed by atoms with E-state index in [1.807, 2.05) is 4.72 Å². The molecular weight excluding hydrogens is 299 g/mol. The van der Waals surface area contributed by atoms with Crippen LogP contribution in [-0.2, 0) is 19.6 Å². The normalized spacial score (nSPS) is 10.6. The van der Waals surface area contributed by atoms with Crippen LogP contribution in [0.25, 0.3) is 0 Å². The smallest absolute Gasteiger partial charge is 0.321 e. The van der Waals surface area contributed by atoms with E-state index >= 15 is 0 Å². The summed E-state index contributed by atoms with van der Waals surface area (Å²) in [6, 6.07) is 3.25. The quantitative estimate of drug-likeness (QED) is 0.588. The number of sulfonamides is 1. The summed E-state index contributed by atoms with van der Waals surface area (Å²) in [4.78, 5) is 10.8. The van der Waals surface area contributed by atoms with Crippen LogP contribution in [0.1, 0.15) is 12.5 Å². The van der Waals surface area contributed by atoms with Crippen LogP contribution < -0.4 is 10.5 Å². The highest BCUT2D eigenvalue weighted by Gasteiger charge is 2.17. The van der Waals surface area contributed by atoms with Gasteiger partial charge in [0.25, 0.3) is 0 Å². The SMILES string of the molecule is CCOC(=O)CNS(=O)(=O)c1ccc(C#CCN)c(F)c1. The van der Waals surface area contributed by atoms with Crippen LogP contribution in [0.4, 0.5) is 4.39 Å². The first-order valence-electron chi connectivity index (χ1n) is 6.04. The molecule has 6 nitrogen and oxygen atoms in total. The Labute approximate surface area is 122 Å². The maximum Gasteiger partial charge on any atom is 0.321 e. The van der Waals surface area contributed by atoms with Gasteiger partial charge in [-0.15, -0.1) is 0 Å². The minimum atomic E-state index is -4.00. The van der Waals surface area contributed by atoms with Crippen molar-refractivity contribution in [2.75, 3.05) is 19.7 Å². The van der Waals surface area contributed by atoms with Crippen molar-refractivity contribution in [1.82, 2.24) is 4.72 Å². The minimum absolute atomic E-state index is 0.0461. The van der Waals surface area contributed by atoms with Crippen molar-refractivity contribution in [3.63, 3.8) is 0 Å². The Morgan fingerprint density at radius 2 is 2.19 bits per heavy atom. The molecule has 0 bridgehead atoms. The highest BCUT2D eigenvalue weighted by molar-refractivity contribution is 7.89. The Morgan fingerprint density at radius 3 is 2.76 bits per heavy atom. The van der Waals surface area contributed by atoms with E-state index in [0.29, 0.717) is 0 Å². The highest BCUT2D eigenvalue weighted by Crippen LogP contribution is 2.14. The number of rotatable bonds is 5. The third-order valence-corrected chi connectivity index (χ3v) is 3.69. The summed E-state index contributed by atoms with van der Waals surface area (Å²) in [6.45, 7) is 1.29. The molecule has 21 heavy (non-hydrogen) atoms. The summed E-state index contributed by atoms with van der Waals surface area (Å²) in [5, 5.41) is 0. The topological polar surface area (TPSA) is 98.5 Å². The molecule has 0 aliphatic heterocycles. The molecule has 0 heterocycles. The summed E-state index contributed by atoms with van der Waals surface area (Å²) in [6.07, 6.45) is 0. The first-order chi connectivity index (χ1) is 9.90. The van der Waals surface area contributed by atoms with Gasteiger partial charge in [0.05, 0.1) is 23.6 Å². The lowest BCUT2D eigenvalue weighted by atomic mass is 10.2. The second-order valence-corrected chi connectivity index (χ2v) is 5.54. The number of benzene rings is 1. The molecule has 0 atom stereocenters. The minimum Gasteiger partial charge on any atom is -0.465 e. The predicted molar refractivity (Wildman–Crippen MR) is 74.2 cm³/mol. The van der Waals surface area contributed by atoms with Crippen LogP contribution in [0.5, 0.6) is 0 Å². The number of esters is 1. The first-order valence-corrected chi connectivity index (χ1v) is 7.52. The van der Waals surface area contributed by atoms with Gasteiger partial charge in [-0.05, 0) is 25.1 Å². The number of carbonyl (C=O) groups is 1. The summed E-state index contributed by atoms with van der Waals surface area (Å²) >= 11 is 0. The van der Waals surface area contributed by atoms with Crippen LogP contribution in [0, 0.1) is 17.7 Å². The molecule has 0 aliphatic rings. The van der Waals surface area contributed by atoms with Crippen LogP contribution in [0.15, 0.2) is 23.1 Å². The zero-order valence-electron chi connectivity index (χ0n) is 11.3. The van der Waals surface area contributed by atoms with Crippen molar-refractivity contribution >= 4 is 16.0 Å². The highest BCUT2D eigenvalue weighted by atomic mass is 32.2. The Bertz CT molecular complexity index is 677. The van der Waals surface area contributed by atoms with Crippen LogP contribution in [0.3, 0.4) is 0 Å². The van der Waals surface area contributed by atoms with Crippen molar-refractivity contribution in [1.29, 1.82) is 0 Å². The number of nitrogens with one attached hydrogen (secondary N) is 1. The van der Waals surface area contributed by atoms with E-state index in [4.69, 9.17) is 5.73 Å². The molecule has 1 rings (SSSR count). The van der Waals surface area contributed by atoms with Crippen LogP contribution >= 0.6 is 0 Å². The van der Waals surface area contributed by atoms with E-state index in [9.17, 15) is 17.6 Å². The molecule has 0 unspecified atom stereocenters. The van der Waals surface area contributed by atoms with Gasteiger partial charge in [0.1, 0.15) is 12.4 Å². The monoisotopic (exact) mass is 314 g/mol. The van der Waals surface area contributed by atoms with Gasteiger partial charge < -0.3 is 10.5 Å². The molecule has 8 heteroatoms. The molecule has 0 amide bonds. The van der Waals surface area contributed by atoms with Crippen molar-refractivity contribution < 1.29 is 22.3 Å². The third kappa shape index (κ3) is 5.15. The molecule has 0 aliphatic carbocycles. The average Bonchev–Trinajstić information content (AvgIpc) is 2.44. The number of hydrogen-bond donors (Lipinski definition) is 2. The summed E-state index contributed by atoms with van der Waals surface area (Å²) < 4.78 is 44.1. The number of nitrogens with two attached hydrogens (primary N) is 1. The van der Waals surface area contributed by atoms with E-state index in [1.165, 1.54) is 12.1 Å². The van der Waals surface area contributed by atoms with Gasteiger partial charge in [-0.1, -0.05) is 11.8 Å². The molecule has 0 radical (unpaired) electrons. The summed E-state index contributed by atoms with van der Waals surface area (Å²) in [7, 11) is -4.00. The van der Waals surface area contributed by atoms with Gasteiger partial charge in [-0.3, -0.25) is 4.79 Å². The zero-order valence-corrected chi connectivity index (χ0v) is 12.2. The van der Waals surface area contributed by atoms with E-state index in [-0.39, 0.29) is 23.6 Å². The fourth-order valence-corrected chi connectivity index (χ4v) is 2.34. The Kier molecular flexibility index (Phi) is 6.30. The number of hydrogen-bond acceptors (Lipinski definition) is 5. The molecule has 0 saturated carbocycles. The third-order valence-electron chi connectivity index (χ3n) is 2.29. The molecule has 0 fully saturated rings. The van der Waals surface area contributed by atoms with Crippen molar-refractivity contribution in [3.8, 4) is 11.8 Å². The lowest BCUT2D eigenvalue weighted by Gasteiger charge is -2.07. The molecule has 3 N–H and O–H groups in total. The maximum absolute atomic E-state index is 13.7. The second-order valence-electron chi connectivity index (χ2n) is 3.78. The average molecular weight is 314 g/mol. The van der Waals surface area contributed by atoms with E-state index in [0.717, 1.165) is 6.07 Å². The second kappa shape index (κ2) is 7.73. The summed E-state index contributed by atoms with van der Waals surface area (Å²) in [5.41, 5.74) is 5.22. The number of ether oxygens (including phenoxy) is 1. The molecule has 0 saturated heterocycles. The lowest BCUT2D eigenvalue weighted by molar-refractivity contribution is -0.141. The predicted octanol–water partition coefficient (Wildman–Crippen LogP) is -0.0227. The van der Waals surface area contributed by atoms with Crippen LogP contribution in [-0.4, -0.2) is 34.1 Å². The summed E-state index contributed by atoms with van der Waals surface area (Å²) in [5.74, 6) is 3.45. The fraction of sp³-hybridized carbons (Fsp3) is 0.308. The van der Waals surface area contributed by atoms with Crippen molar-refractivity contribution in [2.45, 2.75) is 11.8 Å². The Balaban J connectivity index is 2.89. The molecule has 114 valence electrons. The molecule has 1 aromatic rings. The standard InChI is InChI=1S/C13H15FN2O4S/c1-2-20-13(17)9-16-21(18,19)11-6-5-10(4-3-7-15)12(14)8-11/h5-6,8,16H,2,7,9,15H2,1H3. The van der Waals surface area contributed by atoms with Gasteiger partial charge in [-0.2, -0.15) is 4.72 Å². The van der Waals surface area contributed by atoms with E-state index in [2.05, 4.69) is 16.6 Å².